The number of para-hydroxylation sites is 1. The van der Waals surface area contributed by atoms with Gasteiger partial charge in [-0.05, 0) is 28.5 Å². The molecule has 3 amide bonds. The molecule has 4 rings (SSSR count). The SMILES string of the molecule is O=C(Cc1cccc2ccccc12)NCC(=O)N1CCN(C(=O)c2ccccc2OC(F)F)CC1. The predicted molar refractivity (Wildman–Crippen MR) is 126 cm³/mol. The fraction of sp³-hybridized carbons (Fsp3) is 0.269. The van der Waals surface area contributed by atoms with Crippen LogP contribution >= 0.6 is 0 Å². The molecule has 0 radical (unpaired) electrons. The van der Waals surface area contributed by atoms with Crippen LogP contribution in [-0.4, -0.2) is 66.9 Å². The highest BCUT2D eigenvalue weighted by atomic mass is 19.3. The maximum absolute atomic E-state index is 12.8. The molecule has 1 aliphatic rings. The van der Waals surface area contributed by atoms with Gasteiger partial charge in [-0.25, -0.2) is 0 Å². The molecule has 0 bridgehead atoms. The molecule has 0 unspecified atom stereocenters. The summed E-state index contributed by atoms with van der Waals surface area (Å²) in [7, 11) is 0. The number of carbonyl (C=O) groups excluding carboxylic acids is 3. The van der Waals surface area contributed by atoms with Gasteiger partial charge in [0.25, 0.3) is 5.91 Å². The van der Waals surface area contributed by atoms with Gasteiger partial charge in [-0.3, -0.25) is 14.4 Å². The van der Waals surface area contributed by atoms with Gasteiger partial charge in [0.1, 0.15) is 5.75 Å². The lowest BCUT2D eigenvalue weighted by Gasteiger charge is -2.35. The molecule has 0 aliphatic carbocycles. The summed E-state index contributed by atoms with van der Waals surface area (Å²) in [4.78, 5) is 40.9. The summed E-state index contributed by atoms with van der Waals surface area (Å²) in [6, 6.07) is 19.4. The first-order valence-electron chi connectivity index (χ1n) is 11.3. The van der Waals surface area contributed by atoms with E-state index in [1.54, 1.807) is 11.0 Å². The summed E-state index contributed by atoms with van der Waals surface area (Å²) < 4.78 is 29.7. The molecule has 35 heavy (non-hydrogen) atoms. The number of hydrogen-bond donors (Lipinski definition) is 1. The van der Waals surface area contributed by atoms with Crippen molar-refractivity contribution in [2.45, 2.75) is 13.0 Å². The number of nitrogens with zero attached hydrogens (tertiary/aromatic N) is 2. The van der Waals surface area contributed by atoms with Gasteiger partial charge in [0.05, 0.1) is 18.5 Å². The number of hydrogen-bond acceptors (Lipinski definition) is 4. The Bertz CT molecular complexity index is 1220. The molecule has 1 heterocycles. The number of ether oxygens (including phenoxy) is 1. The molecule has 0 spiro atoms. The fourth-order valence-electron chi connectivity index (χ4n) is 4.14. The second kappa shape index (κ2) is 10.9. The van der Waals surface area contributed by atoms with Crippen molar-refractivity contribution in [2.24, 2.45) is 0 Å². The fourth-order valence-corrected chi connectivity index (χ4v) is 4.14. The van der Waals surface area contributed by atoms with Crippen LogP contribution in [0.5, 0.6) is 5.75 Å². The number of alkyl halides is 2. The standard InChI is InChI=1S/C26H25F2N3O4/c27-26(28)35-22-11-4-3-10-21(22)25(34)31-14-12-30(13-15-31)24(33)17-29-23(32)16-19-8-5-7-18-6-1-2-9-20(18)19/h1-11,26H,12-17H2,(H,29,32). The van der Waals surface area contributed by atoms with Gasteiger partial charge in [-0.1, -0.05) is 54.6 Å². The zero-order valence-corrected chi connectivity index (χ0v) is 19.0. The lowest BCUT2D eigenvalue weighted by Crippen LogP contribution is -2.52. The highest BCUT2D eigenvalue weighted by Gasteiger charge is 2.27. The second-order valence-corrected chi connectivity index (χ2v) is 8.14. The third-order valence-electron chi connectivity index (χ3n) is 5.92. The number of amides is 3. The van der Waals surface area contributed by atoms with E-state index in [9.17, 15) is 23.2 Å². The number of rotatable bonds is 7. The third kappa shape index (κ3) is 5.92. The van der Waals surface area contributed by atoms with Gasteiger partial charge >= 0.3 is 6.61 Å². The molecular formula is C26H25F2N3O4. The normalized spacial score (nSPS) is 13.7. The zero-order valence-electron chi connectivity index (χ0n) is 19.0. The zero-order chi connectivity index (χ0) is 24.8. The average molecular weight is 481 g/mol. The van der Waals surface area contributed by atoms with Gasteiger partial charge in [-0.2, -0.15) is 8.78 Å². The highest BCUT2D eigenvalue weighted by Crippen LogP contribution is 2.23. The summed E-state index contributed by atoms with van der Waals surface area (Å²) in [5.41, 5.74) is 0.935. The van der Waals surface area contributed by atoms with Gasteiger partial charge < -0.3 is 19.9 Å². The highest BCUT2D eigenvalue weighted by molar-refractivity contribution is 5.97. The lowest BCUT2D eigenvalue weighted by molar-refractivity contribution is -0.133. The monoisotopic (exact) mass is 481 g/mol. The number of halogens is 2. The second-order valence-electron chi connectivity index (χ2n) is 8.14. The maximum Gasteiger partial charge on any atom is 0.387 e. The topological polar surface area (TPSA) is 79.0 Å². The van der Waals surface area contributed by atoms with Crippen LogP contribution in [0.15, 0.2) is 66.7 Å². The van der Waals surface area contributed by atoms with Crippen LogP contribution in [0.25, 0.3) is 10.8 Å². The number of piperazine rings is 1. The van der Waals surface area contributed by atoms with E-state index < -0.39 is 12.5 Å². The van der Waals surface area contributed by atoms with E-state index in [0.717, 1.165) is 16.3 Å². The van der Waals surface area contributed by atoms with Gasteiger partial charge in [-0.15, -0.1) is 0 Å². The van der Waals surface area contributed by atoms with Crippen molar-refractivity contribution in [1.82, 2.24) is 15.1 Å². The number of carbonyl (C=O) groups is 3. The van der Waals surface area contributed by atoms with E-state index in [2.05, 4.69) is 10.1 Å². The van der Waals surface area contributed by atoms with Gasteiger partial charge in [0, 0.05) is 26.2 Å². The van der Waals surface area contributed by atoms with Crippen molar-refractivity contribution in [2.75, 3.05) is 32.7 Å². The quantitative estimate of drug-likeness (QED) is 0.563. The summed E-state index contributed by atoms with van der Waals surface area (Å²) >= 11 is 0. The first kappa shape index (κ1) is 24.1. The first-order chi connectivity index (χ1) is 16.9. The largest absolute Gasteiger partial charge is 0.434 e. The third-order valence-corrected chi connectivity index (χ3v) is 5.92. The Morgan fingerprint density at radius 1 is 0.857 bits per heavy atom. The number of fused-ring (bicyclic) bond motifs is 1. The molecule has 7 nitrogen and oxygen atoms in total. The smallest absolute Gasteiger partial charge is 0.387 e. The molecule has 9 heteroatoms. The molecule has 3 aromatic carbocycles. The minimum absolute atomic E-state index is 0.0493. The minimum atomic E-state index is -3.03. The Balaban J connectivity index is 1.27. The van der Waals surface area contributed by atoms with Crippen LogP contribution in [0.4, 0.5) is 8.78 Å². The van der Waals surface area contributed by atoms with Crippen LogP contribution in [0.3, 0.4) is 0 Å². The van der Waals surface area contributed by atoms with Crippen molar-refractivity contribution < 1.29 is 27.9 Å². The van der Waals surface area contributed by atoms with Crippen LogP contribution in [-0.2, 0) is 16.0 Å². The molecule has 0 saturated carbocycles. The van der Waals surface area contributed by atoms with E-state index >= 15 is 0 Å². The first-order valence-corrected chi connectivity index (χ1v) is 11.3. The van der Waals surface area contributed by atoms with E-state index in [4.69, 9.17) is 0 Å². The summed E-state index contributed by atoms with van der Waals surface area (Å²) in [6.45, 7) is -2.12. The van der Waals surface area contributed by atoms with Crippen LogP contribution < -0.4 is 10.1 Å². The van der Waals surface area contributed by atoms with E-state index in [1.807, 2.05) is 42.5 Å². The molecular weight excluding hydrogens is 456 g/mol. The lowest BCUT2D eigenvalue weighted by atomic mass is 10.0. The maximum atomic E-state index is 12.8. The number of benzene rings is 3. The summed E-state index contributed by atoms with van der Waals surface area (Å²) in [5, 5.41) is 4.72. The molecule has 1 saturated heterocycles. The molecule has 1 aliphatic heterocycles. The molecule has 3 aromatic rings. The van der Waals surface area contributed by atoms with Crippen LogP contribution in [0, 0.1) is 0 Å². The average Bonchev–Trinajstić information content (AvgIpc) is 2.87. The number of nitrogens with one attached hydrogen (secondary N) is 1. The van der Waals surface area contributed by atoms with E-state index in [-0.39, 0.29) is 62.3 Å². The van der Waals surface area contributed by atoms with Crippen LogP contribution in [0.2, 0.25) is 0 Å². The van der Waals surface area contributed by atoms with E-state index in [1.165, 1.54) is 23.1 Å². The Hall–Kier alpha value is -4.01. The Morgan fingerprint density at radius 3 is 2.29 bits per heavy atom. The van der Waals surface area contributed by atoms with Crippen molar-refractivity contribution in [3.8, 4) is 5.75 Å². The minimum Gasteiger partial charge on any atom is -0.434 e. The predicted octanol–water partition coefficient (Wildman–Crippen LogP) is 3.08. The van der Waals surface area contributed by atoms with Crippen molar-refractivity contribution in [3.63, 3.8) is 0 Å². The van der Waals surface area contributed by atoms with E-state index in [0.29, 0.717) is 0 Å². The summed E-state index contributed by atoms with van der Waals surface area (Å²) in [5.74, 6) is -1.11. The molecule has 1 fully saturated rings. The Labute approximate surface area is 201 Å². The Morgan fingerprint density at radius 2 is 1.51 bits per heavy atom. The van der Waals surface area contributed by atoms with Crippen LogP contribution in [0.1, 0.15) is 15.9 Å². The molecule has 1 N–H and O–H groups in total. The molecule has 0 aromatic heterocycles. The Kier molecular flexibility index (Phi) is 7.54. The molecule has 182 valence electrons. The van der Waals surface area contributed by atoms with Gasteiger partial charge in [0.15, 0.2) is 0 Å². The summed E-state index contributed by atoms with van der Waals surface area (Å²) in [6.07, 6.45) is 0.164. The van der Waals surface area contributed by atoms with Crippen molar-refractivity contribution >= 4 is 28.5 Å². The van der Waals surface area contributed by atoms with Gasteiger partial charge in [0.2, 0.25) is 11.8 Å². The molecule has 0 atom stereocenters. The van der Waals surface area contributed by atoms with Crippen molar-refractivity contribution in [3.05, 3.63) is 77.9 Å². The van der Waals surface area contributed by atoms with Crippen molar-refractivity contribution in [1.29, 1.82) is 0 Å².